The van der Waals surface area contributed by atoms with Crippen LogP contribution in [0, 0.1) is 10.1 Å². The van der Waals surface area contributed by atoms with Gasteiger partial charge in [0, 0.05) is 12.1 Å². The van der Waals surface area contributed by atoms with E-state index in [0.717, 1.165) is 12.0 Å². The molecule has 0 radical (unpaired) electrons. The van der Waals surface area contributed by atoms with Gasteiger partial charge >= 0.3 is 0 Å². The molecule has 1 atom stereocenters. The van der Waals surface area contributed by atoms with E-state index in [2.05, 4.69) is 18.6 Å². The molecule has 0 saturated heterocycles. The minimum atomic E-state index is -3.78. The summed E-state index contributed by atoms with van der Waals surface area (Å²) in [6, 6.07) is 12.1. The van der Waals surface area contributed by atoms with Gasteiger partial charge in [-0.2, -0.15) is 0 Å². The van der Waals surface area contributed by atoms with E-state index >= 15 is 0 Å². The van der Waals surface area contributed by atoms with Gasteiger partial charge in [-0.3, -0.25) is 14.8 Å². The summed E-state index contributed by atoms with van der Waals surface area (Å²) in [5.41, 5.74) is 1.06. The van der Waals surface area contributed by atoms with Crippen molar-refractivity contribution in [1.82, 2.24) is 0 Å². The van der Waals surface area contributed by atoms with Crippen LogP contribution in [0.4, 0.5) is 11.4 Å². The summed E-state index contributed by atoms with van der Waals surface area (Å²) >= 11 is 0. The second-order valence-corrected chi connectivity index (χ2v) is 6.97. The molecule has 0 fully saturated rings. The van der Waals surface area contributed by atoms with Crippen LogP contribution in [-0.4, -0.2) is 13.3 Å². The molecular formula is C16H18N2O4S. The SMILES string of the molecule is CC[C@@H](C)c1ccc(S(=O)(=O)Nc2cccc([N+](=O)[O-])c2)cc1. The van der Waals surface area contributed by atoms with Gasteiger partial charge in [0.05, 0.1) is 15.5 Å². The highest BCUT2D eigenvalue weighted by molar-refractivity contribution is 7.92. The predicted molar refractivity (Wildman–Crippen MR) is 89.1 cm³/mol. The lowest BCUT2D eigenvalue weighted by atomic mass is 9.99. The van der Waals surface area contributed by atoms with Crippen LogP contribution in [0.25, 0.3) is 0 Å². The molecule has 122 valence electrons. The second-order valence-electron chi connectivity index (χ2n) is 5.29. The van der Waals surface area contributed by atoms with Gasteiger partial charge in [0.2, 0.25) is 0 Å². The monoisotopic (exact) mass is 334 g/mol. The van der Waals surface area contributed by atoms with E-state index < -0.39 is 14.9 Å². The molecule has 0 aliphatic heterocycles. The van der Waals surface area contributed by atoms with Crippen molar-refractivity contribution in [3.8, 4) is 0 Å². The lowest BCUT2D eigenvalue weighted by Crippen LogP contribution is -2.13. The van der Waals surface area contributed by atoms with E-state index in [1.54, 1.807) is 24.3 Å². The third kappa shape index (κ3) is 4.07. The van der Waals surface area contributed by atoms with Crippen LogP contribution >= 0.6 is 0 Å². The summed E-state index contributed by atoms with van der Waals surface area (Å²) in [4.78, 5) is 10.3. The smallest absolute Gasteiger partial charge is 0.271 e. The number of hydrogen-bond donors (Lipinski definition) is 1. The van der Waals surface area contributed by atoms with Gasteiger partial charge < -0.3 is 0 Å². The van der Waals surface area contributed by atoms with Crippen molar-refractivity contribution in [3.05, 3.63) is 64.2 Å². The number of nitro groups is 1. The molecule has 6 nitrogen and oxygen atoms in total. The molecule has 1 N–H and O–H groups in total. The zero-order valence-electron chi connectivity index (χ0n) is 12.9. The number of rotatable bonds is 6. The molecule has 0 spiro atoms. The Hall–Kier alpha value is -2.41. The van der Waals surface area contributed by atoms with Crippen molar-refractivity contribution in [1.29, 1.82) is 0 Å². The molecule has 0 bridgehead atoms. The lowest BCUT2D eigenvalue weighted by molar-refractivity contribution is -0.384. The predicted octanol–water partition coefficient (Wildman–Crippen LogP) is 3.91. The largest absolute Gasteiger partial charge is 0.279 e. The van der Waals surface area contributed by atoms with Gasteiger partial charge in [0.1, 0.15) is 0 Å². The molecule has 0 aliphatic rings. The number of nitrogens with zero attached hydrogens (tertiary/aromatic N) is 1. The number of non-ortho nitro benzene ring substituents is 1. The Morgan fingerprint density at radius 3 is 2.39 bits per heavy atom. The third-order valence-corrected chi connectivity index (χ3v) is 5.08. The zero-order chi connectivity index (χ0) is 17.0. The van der Waals surface area contributed by atoms with Crippen LogP contribution in [-0.2, 0) is 10.0 Å². The number of hydrogen-bond acceptors (Lipinski definition) is 4. The molecule has 2 rings (SSSR count). The molecule has 23 heavy (non-hydrogen) atoms. The fourth-order valence-electron chi connectivity index (χ4n) is 2.11. The molecule has 7 heteroatoms. The lowest BCUT2D eigenvalue weighted by Gasteiger charge is -2.11. The summed E-state index contributed by atoms with van der Waals surface area (Å²) < 4.78 is 27.1. The van der Waals surface area contributed by atoms with Gasteiger partial charge in [0.15, 0.2) is 0 Å². The van der Waals surface area contributed by atoms with Crippen molar-refractivity contribution < 1.29 is 13.3 Å². The second kappa shape index (κ2) is 6.78. The number of nitro benzene ring substituents is 1. The van der Waals surface area contributed by atoms with Gasteiger partial charge in [-0.1, -0.05) is 32.0 Å². The first-order chi connectivity index (χ1) is 10.8. The molecule has 0 amide bonds. The molecular weight excluding hydrogens is 316 g/mol. The summed E-state index contributed by atoms with van der Waals surface area (Å²) in [6.07, 6.45) is 0.970. The first-order valence-corrected chi connectivity index (χ1v) is 8.69. The summed E-state index contributed by atoms with van der Waals surface area (Å²) in [6.45, 7) is 4.14. The number of benzene rings is 2. The van der Waals surface area contributed by atoms with Crippen LogP contribution < -0.4 is 4.72 Å². The summed E-state index contributed by atoms with van der Waals surface area (Å²) in [5.74, 6) is 0.358. The summed E-state index contributed by atoms with van der Waals surface area (Å²) in [7, 11) is -3.78. The van der Waals surface area contributed by atoms with Crippen molar-refractivity contribution in [2.24, 2.45) is 0 Å². The Labute approximate surface area is 135 Å². The van der Waals surface area contributed by atoms with Crippen molar-refractivity contribution >= 4 is 21.4 Å². The van der Waals surface area contributed by atoms with Gasteiger partial charge in [-0.05, 0) is 36.1 Å². The topological polar surface area (TPSA) is 89.3 Å². The first kappa shape index (κ1) is 17.0. The molecule has 0 aliphatic carbocycles. The van der Waals surface area contributed by atoms with E-state index in [4.69, 9.17) is 0 Å². The Morgan fingerprint density at radius 1 is 1.17 bits per heavy atom. The maximum atomic E-state index is 12.4. The molecule has 0 aromatic heterocycles. The van der Waals surface area contributed by atoms with E-state index in [-0.39, 0.29) is 16.3 Å². The maximum absolute atomic E-state index is 12.4. The highest BCUT2D eigenvalue weighted by Gasteiger charge is 2.16. The fraction of sp³-hybridized carbons (Fsp3) is 0.250. The van der Waals surface area contributed by atoms with Crippen molar-refractivity contribution in [2.75, 3.05) is 4.72 Å². The number of nitrogens with one attached hydrogen (secondary N) is 1. The molecule has 0 unspecified atom stereocenters. The standard InChI is InChI=1S/C16H18N2O4S/c1-3-12(2)13-7-9-16(10-8-13)23(21,22)17-14-5-4-6-15(11-14)18(19)20/h4-12,17H,3H2,1-2H3/t12-/m1/s1. The third-order valence-electron chi connectivity index (χ3n) is 3.68. The van der Waals surface area contributed by atoms with Crippen LogP contribution in [0.1, 0.15) is 31.7 Å². The number of sulfonamides is 1. The van der Waals surface area contributed by atoms with E-state index in [9.17, 15) is 18.5 Å². The minimum Gasteiger partial charge on any atom is -0.279 e. The van der Waals surface area contributed by atoms with Crippen LogP contribution in [0.15, 0.2) is 53.4 Å². The Morgan fingerprint density at radius 2 is 1.83 bits per heavy atom. The van der Waals surface area contributed by atoms with Crippen molar-refractivity contribution in [3.63, 3.8) is 0 Å². The van der Waals surface area contributed by atoms with Gasteiger partial charge in [-0.25, -0.2) is 8.42 Å². The normalized spacial score (nSPS) is 12.6. The molecule has 2 aromatic carbocycles. The average molecular weight is 334 g/mol. The average Bonchev–Trinajstić information content (AvgIpc) is 2.54. The summed E-state index contributed by atoms with van der Waals surface area (Å²) in [5, 5.41) is 10.7. The van der Waals surface area contributed by atoms with Gasteiger partial charge in [-0.15, -0.1) is 0 Å². The van der Waals surface area contributed by atoms with Crippen molar-refractivity contribution in [2.45, 2.75) is 31.1 Å². The Kier molecular flexibility index (Phi) is 5.00. The van der Waals surface area contributed by atoms with Crippen LogP contribution in [0.3, 0.4) is 0 Å². The van der Waals surface area contributed by atoms with Crippen LogP contribution in [0.5, 0.6) is 0 Å². The maximum Gasteiger partial charge on any atom is 0.271 e. The van der Waals surface area contributed by atoms with E-state index in [0.29, 0.717) is 5.92 Å². The minimum absolute atomic E-state index is 0.121. The first-order valence-electron chi connectivity index (χ1n) is 7.20. The Bertz CT molecular complexity index is 801. The Balaban J connectivity index is 2.25. The quantitative estimate of drug-likeness (QED) is 0.640. The number of anilines is 1. The molecule has 0 heterocycles. The van der Waals surface area contributed by atoms with E-state index in [1.807, 2.05) is 0 Å². The van der Waals surface area contributed by atoms with E-state index in [1.165, 1.54) is 24.3 Å². The fourth-order valence-corrected chi connectivity index (χ4v) is 3.16. The molecule has 0 saturated carbocycles. The highest BCUT2D eigenvalue weighted by Crippen LogP contribution is 2.23. The van der Waals surface area contributed by atoms with Gasteiger partial charge in [0.25, 0.3) is 15.7 Å². The van der Waals surface area contributed by atoms with Crippen LogP contribution in [0.2, 0.25) is 0 Å². The molecule has 2 aromatic rings. The highest BCUT2D eigenvalue weighted by atomic mass is 32.2. The zero-order valence-corrected chi connectivity index (χ0v) is 13.7.